The molecule has 0 aliphatic carbocycles. The van der Waals surface area contributed by atoms with Crippen molar-refractivity contribution in [2.24, 2.45) is 5.14 Å². The zero-order chi connectivity index (χ0) is 13.8. The molecule has 6 nitrogen and oxygen atoms in total. The third-order valence-electron chi connectivity index (χ3n) is 1.97. The zero-order valence-corrected chi connectivity index (χ0v) is 11.2. The van der Waals surface area contributed by atoms with E-state index < -0.39 is 24.9 Å². The van der Waals surface area contributed by atoms with Crippen molar-refractivity contribution in [1.82, 2.24) is 4.72 Å². The highest BCUT2D eigenvalue weighted by Crippen LogP contribution is 2.18. The lowest BCUT2D eigenvalue weighted by Crippen LogP contribution is -2.27. The summed E-state index contributed by atoms with van der Waals surface area (Å²) in [7, 11) is -8.06. The number of nitrogens with one attached hydrogen (secondary N) is 1. The minimum Gasteiger partial charge on any atom is -0.225 e. The molecule has 98 valence electrons. The van der Waals surface area contributed by atoms with Crippen LogP contribution >= 0.6 is 0 Å². The molecule has 0 unspecified atom stereocenters. The molecule has 1 rings (SSSR count). The second-order valence-electron chi connectivity index (χ2n) is 3.24. The minimum atomic E-state index is -4.10. The van der Waals surface area contributed by atoms with E-state index in [4.69, 9.17) is 5.14 Å². The maximum absolute atomic E-state index is 11.9. The van der Waals surface area contributed by atoms with Crippen molar-refractivity contribution < 1.29 is 16.8 Å². The van der Waals surface area contributed by atoms with Crippen molar-refractivity contribution in [1.29, 1.82) is 0 Å². The van der Waals surface area contributed by atoms with Gasteiger partial charge in [-0.2, -0.15) is 4.72 Å². The Hall–Kier alpha value is -1.40. The first kappa shape index (κ1) is 14.7. The van der Waals surface area contributed by atoms with Crippen molar-refractivity contribution >= 4 is 20.0 Å². The maximum Gasteiger partial charge on any atom is 0.242 e. The first-order chi connectivity index (χ1) is 8.29. The summed E-state index contributed by atoms with van der Waals surface area (Å²) in [5.41, 5.74) is 0. The van der Waals surface area contributed by atoms with Gasteiger partial charge in [0.25, 0.3) is 0 Å². The fourth-order valence-electron chi connectivity index (χ4n) is 1.20. The molecule has 0 saturated carbocycles. The highest BCUT2D eigenvalue weighted by atomic mass is 32.2. The van der Waals surface area contributed by atoms with E-state index in [2.05, 4.69) is 16.6 Å². The van der Waals surface area contributed by atoms with Crippen LogP contribution in [-0.2, 0) is 20.0 Å². The average molecular weight is 288 g/mol. The van der Waals surface area contributed by atoms with Crippen LogP contribution in [0.25, 0.3) is 0 Å². The van der Waals surface area contributed by atoms with Crippen LogP contribution in [0, 0.1) is 11.8 Å². The Morgan fingerprint density at radius 1 is 1.17 bits per heavy atom. The highest BCUT2D eigenvalue weighted by molar-refractivity contribution is 7.92. The van der Waals surface area contributed by atoms with Gasteiger partial charge in [0.05, 0.1) is 6.54 Å². The van der Waals surface area contributed by atoms with Crippen LogP contribution in [-0.4, -0.2) is 23.4 Å². The molecule has 0 radical (unpaired) electrons. The minimum absolute atomic E-state index is 0.0994. The quantitative estimate of drug-likeness (QED) is 0.737. The lowest BCUT2D eigenvalue weighted by atomic mass is 10.4. The van der Waals surface area contributed by atoms with Crippen LogP contribution in [0.5, 0.6) is 0 Å². The Bertz CT molecular complexity index is 697. The normalized spacial score (nSPS) is 11.7. The molecule has 0 amide bonds. The van der Waals surface area contributed by atoms with Crippen LogP contribution in [0.4, 0.5) is 0 Å². The van der Waals surface area contributed by atoms with Gasteiger partial charge in [-0.05, 0) is 19.1 Å². The Kier molecular flexibility index (Phi) is 4.48. The molecule has 1 aromatic carbocycles. The van der Waals surface area contributed by atoms with Gasteiger partial charge in [0.2, 0.25) is 20.0 Å². The fourth-order valence-corrected chi connectivity index (χ4v) is 3.51. The summed E-state index contributed by atoms with van der Waals surface area (Å²) in [4.78, 5) is -0.827. The summed E-state index contributed by atoms with van der Waals surface area (Å²) in [6, 6.07) is 5.11. The molecular weight excluding hydrogens is 276 g/mol. The van der Waals surface area contributed by atoms with E-state index in [1.807, 2.05) is 0 Å². The summed E-state index contributed by atoms with van der Waals surface area (Å²) in [5, 5.41) is 4.96. The average Bonchev–Trinajstić information content (AvgIpc) is 2.28. The second-order valence-corrected chi connectivity index (χ2v) is 6.51. The Morgan fingerprint density at radius 3 is 2.22 bits per heavy atom. The van der Waals surface area contributed by atoms with E-state index in [0.717, 1.165) is 6.07 Å². The summed E-state index contributed by atoms with van der Waals surface area (Å²) < 4.78 is 48.5. The molecule has 0 heterocycles. The summed E-state index contributed by atoms with van der Waals surface area (Å²) in [6.45, 7) is 1.46. The van der Waals surface area contributed by atoms with Gasteiger partial charge < -0.3 is 0 Å². The van der Waals surface area contributed by atoms with Crippen LogP contribution in [0.15, 0.2) is 34.1 Å². The van der Waals surface area contributed by atoms with E-state index in [9.17, 15) is 16.8 Å². The first-order valence-corrected chi connectivity index (χ1v) is 7.83. The third kappa shape index (κ3) is 3.54. The number of hydrogen-bond donors (Lipinski definition) is 2. The molecule has 3 N–H and O–H groups in total. The summed E-state index contributed by atoms with van der Waals surface area (Å²) in [5.74, 6) is 5.03. The summed E-state index contributed by atoms with van der Waals surface area (Å²) >= 11 is 0. The fraction of sp³-hybridized carbons (Fsp3) is 0.200. The lowest BCUT2D eigenvalue weighted by Gasteiger charge is -2.08. The van der Waals surface area contributed by atoms with Crippen molar-refractivity contribution in [3.8, 4) is 11.8 Å². The van der Waals surface area contributed by atoms with Gasteiger partial charge in [0, 0.05) is 0 Å². The predicted octanol–water partition coefficient (Wildman–Crippen LogP) is -0.364. The number of sulfonamides is 2. The van der Waals surface area contributed by atoms with E-state index >= 15 is 0 Å². The second kappa shape index (κ2) is 5.49. The van der Waals surface area contributed by atoms with Gasteiger partial charge in [0.15, 0.2) is 0 Å². The van der Waals surface area contributed by atoms with E-state index in [1.54, 1.807) is 6.92 Å². The molecule has 0 spiro atoms. The number of nitrogens with two attached hydrogens (primary N) is 1. The summed E-state index contributed by atoms with van der Waals surface area (Å²) in [6.07, 6.45) is 0. The molecule has 0 aromatic heterocycles. The molecular formula is C10H12N2O4S2. The first-order valence-electron chi connectivity index (χ1n) is 4.80. The van der Waals surface area contributed by atoms with Crippen LogP contribution in [0.1, 0.15) is 6.92 Å². The molecule has 0 atom stereocenters. The Morgan fingerprint density at radius 2 is 1.72 bits per heavy atom. The molecule has 0 fully saturated rings. The smallest absolute Gasteiger partial charge is 0.225 e. The number of benzene rings is 1. The molecule has 1 aromatic rings. The van der Waals surface area contributed by atoms with E-state index in [-0.39, 0.29) is 11.4 Å². The zero-order valence-electron chi connectivity index (χ0n) is 9.54. The number of rotatable bonds is 4. The maximum atomic E-state index is 11.9. The van der Waals surface area contributed by atoms with Gasteiger partial charge in [0.1, 0.15) is 9.79 Å². The van der Waals surface area contributed by atoms with E-state index in [1.165, 1.54) is 18.2 Å². The lowest BCUT2D eigenvalue weighted by molar-refractivity contribution is 0.576. The predicted molar refractivity (Wildman–Crippen MR) is 66.5 cm³/mol. The van der Waals surface area contributed by atoms with Crippen molar-refractivity contribution in [2.75, 3.05) is 6.54 Å². The van der Waals surface area contributed by atoms with Crippen molar-refractivity contribution in [2.45, 2.75) is 16.7 Å². The van der Waals surface area contributed by atoms with E-state index in [0.29, 0.717) is 0 Å². The SMILES string of the molecule is CC#CCNS(=O)(=O)c1ccccc1S(N)(=O)=O. The molecule has 0 aliphatic heterocycles. The topological polar surface area (TPSA) is 106 Å². The molecule has 0 aliphatic rings. The van der Waals surface area contributed by atoms with Gasteiger partial charge in [-0.25, -0.2) is 22.0 Å². The Labute approximate surface area is 106 Å². The van der Waals surface area contributed by atoms with Gasteiger partial charge >= 0.3 is 0 Å². The Balaban J connectivity index is 3.28. The van der Waals surface area contributed by atoms with Gasteiger partial charge in [-0.15, -0.1) is 5.92 Å². The van der Waals surface area contributed by atoms with Crippen LogP contribution in [0.3, 0.4) is 0 Å². The highest BCUT2D eigenvalue weighted by Gasteiger charge is 2.23. The molecule has 18 heavy (non-hydrogen) atoms. The monoisotopic (exact) mass is 288 g/mol. The van der Waals surface area contributed by atoms with Gasteiger partial charge in [-0.1, -0.05) is 18.1 Å². The number of hydrogen-bond acceptors (Lipinski definition) is 4. The largest absolute Gasteiger partial charge is 0.242 e. The number of primary sulfonamides is 1. The van der Waals surface area contributed by atoms with Crippen LogP contribution in [0.2, 0.25) is 0 Å². The van der Waals surface area contributed by atoms with Crippen LogP contribution < -0.4 is 9.86 Å². The van der Waals surface area contributed by atoms with Crippen molar-refractivity contribution in [3.63, 3.8) is 0 Å². The third-order valence-corrected chi connectivity index (χ3v) is 4.53. The van der Waals surface area contributed by atoms with Gasteiger partial charge in [-0.3, -0.25) is 0 Å². The molecule has 0 bridgehead atoms. The van der Waals surface area contributed by atoms with Crippen molar-refractivity contribution in [3.05, 3.63) is 24.3 Å². The standard InChI is InChI=1S/C10H12N2O4S2/c1-2-3-8-12-18(15,16)10-7-5-4-6-9(10)17(11,13)14/h4-7,12H,8H2,1H3,(H2,11,13,14). The molecule has 8 heteroatoms. The molecule has 0 saturated heterocycles.